The lowest BCUT2D eigenvalue weighted by atomic mass is 10.2. The van der Waals surface area contributed by atoms with Crippen LogP contribution in [0, 0.1) is 12.3 Å². The van der Waals surface area contributed by atoms with Crippen molar-refractivity contribution in [1.29, 1.82) is 0 Å². The second-order valence-electron chi connectivity index (χ2n) is 3.27. The molecule has 0 aliphatic rings. The Morgan fingerprint density at radius 3 is 3.12 bits per heavy atom. The zero-order valence-corrected chi connectivity index (χ0v) is 11.0. The highest BCUT2D eigenvalue weighted by Crippen LogP contribution is 2.18. The van der Waals surface area contributed by atoms with Crippen molar-refractivity contribution < 1.29 is 4.79 Å². The molecule has 1 aromatic rings. The summed E-state index contributed by atoms with van der Waals surface area (Å²) in [6, 6.07) is 1.53. The van der Waals surface area contributed by atoms with Crippen LogP contribution in [-0.4, -0.2) is 16.9 Å². The van der Waals surface area contributed by atoms with E-state index in [9.17, 15) is 4.79 Å². The monoisotopic (exact) mass is 300 g/mol. The first-order valence-corrected chi connectivity index (χ1v) is 5.77. The molecule has 0 saturated heterocycles. The fraction of sp³-hybridized carbons (Fsp3) is 0.273. The number of terminal acetylenes is 1. The number of carbonyl (C=O) groups is 1. The summed E-state index contributed by atoms with van der Waals surface area (Å²) >= 11 is 9.05. The Kier molecular flexibility index (Phi) is 4.78. The normalized spacial score (nSPS) is 11.6. The second kappa shape index (κ2) is 5.88. The topological polar surface area (TPSA) is 42.0 Å². The van der Waals surface area contributed by atoms with E-state index in [1.807, 2.05) is 6.92 Å². The molecule has 0 bridgehead atoms. The standard InChI is InChI=1S/C11H10BrClN2O/c1-3-4-7(2)15-11(16)9-5-8(12)6-14-10(9)13/h1,5-7H,4H2,2H3,(H,15,16). The fourth-order valence-electron chi connectivity index (χ4n) is 1.11. The first kappa shape index (κ1) is 13.0. The van der Waals surface area contributed by atoms with Crippen molar-refractivity contribution in [2.75, 3.05) is 0 Å². The summed E-state index contributed by atoms with van der Waals surface area (Å²) in [5.74, 6) is 2.20. The summed E-state index contributed by atoms with van der Waals surface area (Å²) in [7, 11) is 0. The van der Waals surface area contributed by atoms with Crippen LogP contribution < -0.4 is 5.32 Å². The van der Waals surface area contributed by atoms with E-state index in [2.05, 4.69) is 32.2 Å². The lowest BCUT2D eigenvalue weighted by molar-refractivity contribution is 0.0940. The second-order valence-corrected chi connectivity index (χ2v) is 4.55. The maximum atomic E-state index is 11.8. The molecule has 1 amide bonds. The van der Waals surface area contributed by atoms with Gasteiger partial charge in [-0.3, -0.25) is 4.79 Å². The predicted octanol–water partition coefficient (Wildman–Crippen LogP) is 2.64. The number of amides is 1. The Morgan fingerprint density at radius 2 is 2.50 bits per heavy atom. The summed E-state index contributed by atoms with van der Waals surface area (Å²) in [5.41, 5.74) is 0.333. The van der Waals surface area contributed by atoms with Gasteiger partial charge in [-0.15, -0.1) is 12.3 Å². The highest BCUT2D eigenvalue weighted by molar-refractivity contribution is 9.10. The number of rotatable bonds is 3. The molecule has 1 aromatic heterocycles. The van der Waals surface area contributed by atoms with Crippen LogP contribution in [0.4, 0.5) is 0 Å². The van der Waals surface area contributed by atoms with E-state index in [0.29, 0.717) is 16.5 Å². The number of halogens is 2. The minimum atomic E-state index is -0.276. The smallest absolute Gasteiger partial charge is 0.254 e. The zero-order valence-electron chi connectivity index (χ0n) is 8.63. The van der Waals surface area contributed by atoms with Crippen molar-refractivity contribution in [2.24, 2.45) is 0 Å². The first-order chi connectivity index (χ1) is 7.54. The molecule has 84 valence electrons. The number of carbonyl (C=O) groups excluding carboxylic acids is 1. The molecule has 0 aromatic carbocycles. The van der Waals surface area contributed by atoms with E-state index in [4.69, 9.17) is 18.0 Å². The Bertz CT molecular complexity index is 442. The molecule has 0 aliphatic carbocycles. The van der Waals surface area contributed by atoms with Gasteiger partial charge in [0.25, 0.3) is 5.91 Å². The van der Waals surface area contributed by atoms with Crippen LogP contribution >= 0.6 is 27.5 Å². The quantitative estimate of drug-likeness (QED) is 0.689. The van der Waals surface area contributed by atoms with Crippen molar-refractivity contribution in [3.63, 3.8) is 0 Å². The van der Waals surface area contributed by atoms with Gasteiger partial charge in [0.1, 0.15) is 5.15 Å². The maximum Gasteiger partial charge on any atom is 0.254 e. The summed E-state index contributed by atoms with van der Waals surface area (Å²) in [6.07, 6.45) is 7.16. The molecule has 3 nitrogen and oxygen atoms in total. The Hall–Kier alpha value is -1.05. The SMILES string of the molecule is C#CCC(C)NC(=O)c1cc(Br)cnc1Cl. The molecule has 0 aliphatic heterocycles. The average Bonchev–Trinajstić information content (AvgIpc) is 2.21. The van der Waals surface area contributed by atoms with Gasteiger partial charge >= 0.3 is 0 Å². The van der Waals surface area contributed by atoms with Gasteiger partial charge in [-0.25, -0.2) is 4.98 Å². The fourth-order valence-corrected chi connectivity index (χ4v) is 1.63. The van der Waals surface area contributed by atoms with Gasteiger partial charge in [0.05, 0.1) is 5.56 Å². The molecule has 1 N–H and O–H groups in total. The molecule has 0 spiro atoms. The number of hydrogen-bond donors (Lipinski definition) is 1. The predicted molar refractivity (Wildman–Crippen MR) is 67.3 cm³/mol. The van der Waals surface area contributed by atoms with Crippen LogP contribution in [0.5, 0.6) is 0 Å². The van der Waals surface area contributed by atoms with Gasteiger partial charge in [-0.05, 0) is 28.9 Å². The Balaban J connectivity index is 2.81. The molecule has 5 heteroatoms. The minimum absolute atomic E-state index is 0.0902. The Morgan fingerprint density at radius 1 is 1.81 bits per heavy atom. The van der Waals surface area contributed by atoms with E-state index < -0.39 is 0 Å². The van der Waals surface area contributed by atoms with Crippen LogP contribution in [0.15, 0.2) is 16.7 Å². The minimum Gasteiger partial charge on any atom is -0.349 e. The van der Waals surface area contributed by atoms with E-state index in [0.717, 1.165) is 0 Å². The van der Waals surface area contributed by atoms with Gasteiger partial charge in [-0.1, -0.05) is 11.6 Å². The highest BCUT2D eigenvalue weighted by Gasteiger charge is 2.13. The van der Waals surface area contributed by atoms with Gasteiger partial charge in [0, 0.05) is 23.1 Å². The van der Waals surface area contributed by atoms with Gasteiger partial charge in [-0.2, -0.15) is 0 Å². The van der Waals surface area contributed by atoms with Gasteiger partial charge in [0.2, 0.25) is 0 Å². The third kappa shape index (κ3) is 3.51. The third-order valence-corrected chi connectivity index (χ3v) is 2.59. The van der Waals surface area contributed by atoms with Crippen LogP contribution in [0.1, 0.15) is 23.7 Å². The first-order valence-electron chi connectivity index (χ1n) is 4.60. The summed E-state index contributed by atoms with van der Waals surface area (Å²) < 4.78 is 0.701. The molecular formula is C11H10BrClN2O. The van der Waals surface area contributed by atoms with Crippen molar-refractivity contribution in [2.45, 2.75) is 19.4 Å². The van der Waals surface area contributed by atoms with E-state index in [1.54, 1.807) is 6.07 Å². The molecule has 16 heavy (non-hydrogen) atoms. The van der Waals surface area contributed by atoms with Crippen molar-refractivity contribution in [3.05, 3.63) is 27.5 Å². The average molecular weight is 302 g/mol. The number of hydrogen-bond acceptors (Lipinski definition) is 2. The number of nitrogens with one attached hydrogen (secondary N) is 1. The molecule has 1 unspecified atom stereocenters. The van der Waals surface area contributed by atoms with Crippen LogP contribution in [-0.2, 0) is 0 Å². The largest absolute Gasteiger partial charge is 0.349 e. The molecule has 0 fully saturated rings. The molecule has 1 heterocycles. The number of aromatic nitrogens is 1. The van der Waals surface area contributed by atoms with Crippen molar-refractivity contribution in [3.8, 4) is 12.3 Å². The number of nitrogens with zero attached hydrogens (tertiary/aromatic N) is 1. The van der Waals surface area contributed by atoms with Crippen LogP contribution in [0.2, 0.25) is 5.15 Å². The molecule has 1 rings (SSSR count). The van der Waals surface area contributed by atoms with Crippen LogP contribution in [0.3, 0.4) is 0 Å². The molecule has 1 atom stereocenters. The summed E-state index contributed by atoms with van der Waals surface area (Å²) in [4.78, 5) is 15.6. The van der Waals surface area contributed by atoms with Gasteiger partial charge < -0.3 is 5.32 Å². The van der Waals surface area contributed by atoms with Gasteiger partial charge in [0.15, 0.2) is 0 Å². The molecule has 0 radical (unpaired) electrons. The third-order valence-electron chi connectivity index (χ3n) is 1.85. The lowest BCUT2D eigenvalue weighted by Gasteiger charge is -2.11. The van der Waals surface area contributed by atoms with Crippen molar-refractivity contribution in [1.82, 2.24) is 10.3 Å². The summed E-state index contributed by atoms with van der Waals surface area (Å²) in [5, 5.41) is 2.91. The highest BCUT2D eigenvalue weighted by atomic mass is 79.9. The van der Waals surface area contributed by atoms with E-state index in [1.165, 1.54) is 6.20 Å². The zero-order chi connectivity index (χ0) is 12.1. The lowest BCUT2D eigenvalue weighted by Crippen LogP contribution is -2.32. The Labute approximate surface area is 108 Å². The summed E-state index contributed by atoms with van der Waals surface area (Å²) in [6.45, 7) is 1.83. The molecule has 0 saturated carbocycles. The molecular weight excluding hydrogens is 291 g/mol. The van der Waals surface area contributed by atoms with Crippen molar-refractivity contribution >= 4 is 33.4 Å². The number of pyridine rings is 1. The van der Waals surface area contributed by atoms with E-state index in [-0.39, 0.29) is 17.1 Å². The van der Waals surface area contributed by atoms with E-state index >= 15 is 0 Å². The van der Waals surface area contributed by atoms with Crippen LogP contribution in [0.25, 0.3) is 0 Å². The maximum absolute atomic E-state index is 11.8.